The SMILES string of the molecule is CC(=C/C=C/OCC1CCCCC1)/C=C(\C)N. The largest absolute Gasteiger partial charge is 0.501 e. The van der Waals surface area contributed by atoms with Gasteiger partial charge in [-0.1, -0.05) is 25.3 Å². The maximum Gasteiger partial charge on any atom is 0.0901 e. The normalized spacial score (nSPS) is 19.9. The topological polar surface area (TPSA) is 35.2 Å². The van der Waals surface area contributed by atoms with E-state index in [4.69, 9.17) is 10.5 Å². The molecule has 1 aliphatic rings. The predicted molar refractivity (Wildman–Crippen MR) is 73.4 cm³/mol. The second-order valence-electron chi connectivity index (χ2n) is 4.96. The first-order valence-electron chi connectivity index (χ1n) is 6.57. The molecule has 1 aliphatic carbocycles. The zero-order chi connectivity index (χ0) is 12.5. The van der Waals surface area contributed by atoms with Gasteiger partial charge in [-0.15, -0.1) is 0 Å². The Bertz CT molecular complexity index is 292. The summed E-state index contributed by atoms with van der Waals surface area (Å²) in [6.45, 7) is 4.79. The van der Waals surface area contributed by atoms with E-state index in [-0.39, 0.29) is 0 Å². The summed E-state index contributed by atoms with van der Waals surface area (Å²) < 4.78 is 5.55. The van der Waals surface area contributed by atoms with Gasteiger partial charge in [0, 0.05) is 5.70 Å². The van der Waals surface area contributed by atoms with Gasteiger partial charge < -0.3 is 10.5 Å². The van der Waals surface area contributed by atoms with E-state index in [1.807, 2.05) is 32.1 Å². The van der Waals surface area contributed by atoms with Crippen molar-refractivity contribution < 1.29 is 4.74 Å². The maximum absolute atomic E-state index is 5.59. The van der Waals surface area contributed by atoms with Crippen molar-refractivity contribution in [3.8, 4) is 0 Å². The summed E-state index contributed by atoms with van der Waals surface area (Å²) in [7, 11) is 0. The van der Waals surface area contributed by atoms with Gasteiger partial charge in [0.1, 0.15) is 0 Å². The van der Waals surface area contributed by atoms with Gasteiger partial charge in [-0.05, 0) is 50.3 Å². The minimum absolute atomic E-state index is 0.768. The van der Waals surface area contributed by atoms with E-state index in [9.17, 15) is 0 Å². The van der Waals surface area contributed by atoms with Crippen LogP contribution in [0, 0.1) is 5.92 Å². The van der Waals surface area contributed by atoms with Gasteiger partial charge in [0.2, 0.25) is 0 Å². The Morgan fingerprint density at radius 3 is 2.59 bits per heavy atom. The molecule has 1 rings (SSSR count). The number of hydrogen-bond donors (Lipinski definition) is 1. The van der Waals surface area contributed by atoms with Crippen LogP contribution < -0.4 is 5.73 Å². The second kappa shape index (κ2) is 7.99. The first kappa shape index (κ1) is 13.9. The highest BCUT2D eigenvalue weighted by Gasteiger charge is 2.12. The van der Waals surface area contributed by atoms with Crippen molar-refractivity contribution >= 4 is 0 Å². The van der Waals surface area contributed by atoms with Crippen molar-refractivity contribution in [3.63, 3.8) is 0 Å². The molecule has 17 heavy (non-hydrogen) atoms. The first-order chi connectivity index (χ1) is 8.18. The van der Waals surface area contributed by atoms with Gasteiger partial charge in [0.15, 0.2) is 0 Å². The van der Waals surface area contributed by atoms with Crippen molar-refractivity contribution in [2.24, 2.45) is 11.7 Å². The van der Waals surface area contributed by atoms with E-state index < -0.39 is 0 Å². The summed E-state index contributed by atoms with van der Waals surface area (Å²) in [5, 5.41) is 0. The van der Waals surface area contributed by atoms with Crippen molar-refractivity contribution in [1.82, 2.24) is 0 Å². The van der Waals surface area contributed by atoms with Crippen LogP contribution in [0.1, 0.15) is 46.0 Å². The molecule has 0 aromatic rings. The van der Waals surface area contributed by atoms with E-state index >= 15 is 0 Å². The predicted octanol–water partition coefficient (Wildman–Crippen LogP) is 3.91. The molecule has 0 atom stereocenters. The van der Waals surface area contributed by atoms with E-state index in [1.165, 1.54) is 32.1 Å². The molecule has 96 valence electrons. The molecule has 2 nitrogen and oxygen atoms in total. The van der Waals surface area contributed by atoms with E-state index in [0.717, 1.165) is 23.8 Å². The van der Waals surface area contributed by atoms with Crippen LogP contribution in [0.3, 0.4) is 0 Å². The summed E-state index contributed by atoms with van der Waals surface area (Å²) in [4.78, 5) is 0. The van der Waals surface area contributed by atoms with Gasteiger partial charge in [-0.25, -0.2) is 0 Å². The van der Waals surface area contributed by atoms with Crippen LogP contribution in [0.15, 0.2) is 35.8 Å². The van der Waals surface area contributed by atoms with Crippen LogP contribution in [-0.4, -0.2) is 6.61 Å². The first-order valence-corrected chi connectivity index (χ1v) is 6.57. The van der Waals surface area contributed by atoms with Crippen molar-refractivity contribution in [1.29, 1.82) is 0 Å². The quantitative estimate of drug-likeness (QED) is 0.579. The summed E-state index contributed by atoms with van der Waals surface area (Å²) in [5.74, 6) is 0.768. The Hall–Kier alpha value is -1.18. The molecule has 0 radical (unpaired) electrons. The zero-order valence-corrected chi connectivity index (χ0v) is 11.1. The average molecular weight is 235 g/mol. The molecule has 0 bridgehead atoms. The number of rotatable bonds is 5. The molecule has 0 heterocycles. The molecule has 0 unspecified atom stereocenters. The molecule has 1 saturated carbocycles. The lowest BCUT2D eigenvalue weighted by Crippen LogP contribution is -2.11. The molecule has 0 aromatic heterocycles. The summed E-state index contributed by atoms with van der Waals surface area (Å²) >= 11 is 0. The van der Waals surface area contributed by atoms with Crippen LogP contribution >= 0.6 is 0 Å². The number of nitrogens with two attached hydrogens (primary N) is 1. The summed E-state index contributed by atoms with van der Waals surface area (Å²) in [6, 6.07) is 0. The minimum Gasteiger partial charge on any atom is -0.501 e. The molecule has 0 aliphatic heterocycles. The monoisotopic (exact) mass is 235 g/mol. The van der Waals surface area contributed by atoms with E-state index in [2.05, 4.69) is 0 Å². The van der Waals surface area contributed by atoms with Crippen molar-refractivity contribution in [3.05, 3.63) is 35.8 Å². The van der Waals surface area contributed by atoms with E-state index in [0.29, 0.717) is 0 Å². The van der Waals surface area contributed by atoms with Crippen LogP contribution in [-0.2, 0) is 4.74 Å². The molecular weight excluding hydrogens is 210 g/mol. The Morgan fingerprint density at radius 2 is 1.94 bits per heavy atom. The standard InChI is InChI=1S/C15H25NO/c1-13(11-14(2)16)7-6-10-17-12-15-8-4-3-5-9-15/h6-7,10-11,15H,3-5,8-9,12,16H2,1-2H3/b10-6+,13-7-,14-11+. The summed E-state index contributed by atoms with van der Waals surface area (Å²) in [6.07, 6.45) is 14.5. The van der Waals surface area contributed by atoms with Gasteiger partial charge in [0.25, 0.3) is 0 Å². The Labute approximate surface area is 105 Å². The van der Waals surface area contributed by atoms with Crippen LogP contribution in [0.25, 0.3) is 0 Å². The maximum atomic E-state index is 5.59. The van der Waals surface area contributed by atoms with Gasteiger partial charge in [-0.2, -0.15) is 0 Å². The third kappa shape index (κ3) is 6.88. The molecular formula is C15H25NO. The highest BCUT2D eigenvalue weighted by molar-refractivity contribution is 5.23. The number of hydrogen-bond acceptors (Lipinski definition) is 2. The second-order valence-corrected chi connectivity index (χ2v) is 4.96. The smallest absolute Gasteiger partial charge is 0.0901 e. The van der Waals surface area contributed by atoms with Crippen LogP contribution in [0.4, 0.5) is 0 Å². The van der Waals surface area contributed by atoms with Gasteiger partial charge >= 0.3 is 0 Å². The minimum atomic E-state index is 0.768. The van der Waals surface area contributed by atoms with Crippen LogP contribution in [0.5, 0.6) is 0 Å². The summed E-state index contributed by atoms with van der Waals surface area (Å²) in [5.41, 5.74) is 7.56. The van der Waals surface area contributed by atoms with Gasteiger partial charge in [0.05, 0.1) is 12.9 Å². The number of allylic oxidation sites excluding steroid dienone is 5. The molecule has 0 saturated heterocycles. The fourth-order valence-electron chi connectivity index (χ4n) is 2.20. The molecule has 1 fully saturated rings. The lowest BCUT2D eigenvalue weighted by atomic mass is 9.90. The third-order valence-corrected chi connectivity index (χ3v) is 3.05. The van der Waals surface area contributed by atoms with Crippen molar-refractivity contribution in [2.45, 2.75) is 46.0 Å². The van der Waals surface area contributed by atoms with Gasteiger partial charge in [-0.3, -0.25) is 0 Å². The van der Waals surface area contributed by atoms with E-state index in [1.54, 1.807) is 6.26 Å². The number of ether oxygens (including phenoxy) is 1. The lowest BCUT2D eigenvalue weighted by molar-refractivity contribution is 0.166. The highest BCUT2D eigenvalue weighted by atomic mass is 16.5. The third-order valence-electron chi connectivity index (χ3n) is 3.05. The highest BCUT2D eigenvalue weighted by Crippen LogP contribution is 2.23. The van der Waals surface area contributed by atoms with Crippen LogP contribution in [0.2, 0.25) is 0 Å². The molecule has 2 heteroatoms. The lowest BCUT2D eigenvalue weighted by Gasteiger charge is -2.20. The molecule has 0 amide bonds. The Balaban J connectivity index is 2.19. The molecule has 0 spiro atoms. The Kier molecular flexibility index (Phi) is 6.53. The average Bonchev–Trinajstić information content (AvgIpc) is 2.29. The fourth-order valence-corrected chi connectivity index (χ4v) is 2.20. The molecule has 0 aromatic carbocycles. The zero-order valence-electron chi connectivity index (χ0n) is 11.1. The molecule has 2 N–H and O–H groups in total. The Morgan fingerprint density at radius 1 is 1.24 bits per heavy atom. The van der Waals surface area contributed by atoms with Crippen molar-refractivity contribution in [2.75, 3.05) is 6.61 Å². The fraction of sp³-hybridized carbons (Fsp3) is 0.600.